The third-order valence-corrected chi connectivity index (χ3v) is 5.69. The van der Waals surface area contributed by atoms with Gasteiger partial charge in [-0.3, -0.25) is 0 Å². The van der Waals surface area contributed by atoms with Crippen molar-refractivity contribution in [3.8, 4) is 0 Å². The number of hydrogen-bond acceptors (Lipinski definition) is 0. The van der Waals surface area contributed by atoms with E-state index in [0.29, 0.717) is 11.3 Å². The van der Waals surface area contributed by atoms with Gasteiger partial charge in [0.05, 0.1) is 0 Å². The van der Waals surface area contributed by atoms with Crippen molar-refractivity contribution in [1.82, 2.24) is 0 Å². The van der Waals surface area contributed by atoms with Crippen molar-refractivity contribution in [2.45, 2.75) is 79.1 Å². The summed E-state index contributed by atoms with van der Waals surface area (Å²) < 4.78 is 0. The van der Waals surface area contributed by atoms with E-state index in [1.165, 1.54) is 30.4 Å². The van der Waals surface area contributed by atoms with Gasteiger partial charge in [0.15, 0.2) is 0 Å². The van der Waals surface area contributed by atoms with Crippen LogP contribution in [0, 0.1) is 5.41 Å². The van der Waals surface area contributed by atoms with Gasteiger partial charge in [0.25, 0.3) is 0 Å². The molecule has 1 unspecified atom stereocenters. The Morgan fingerprint density at radius 2 is 1.65 bits per heavy atom. The lowest BCUT2D eigenvalue weighted by molar-refractivity contribution is 0.481. The lowest BCUT2D eigenvalue weighted by Gasteiger charge is -2.28. The fourth-order valence-electron chi connectivity index (χ4n) is 4.14. The number of rotatable bonds is 1. The number of benzene rings is 1. The summed E-state index contributed by atoms with van der Waals surface area (Å²) in [7, 11) is 0. The molecule has 0 aliphatic heterocycles. The monoisotopic (exact) mass is 308 g/mol. The number of hydrogen-bond donors (Lipinski definition) is 0. The summed E-state index contributed by atoms with van der Waals surface area (Å²) in [5, 5.41) is 0. The van der Waals surface area contributed by atoms with Crippen molar-refractivity contribution in [2.75, 3.05) is 0 Å². The largest absolute Gasteiger partial charge is 0.0645 e. The van der Waals surface area contributed by atoms with E-state index in [1.54, 1.807) is 22.3 Å². The smallest absolute Gasteiger partial charge is 0.00958 e. The summed E-state index contributed by atoms with van der Waals surface area (Å²) >= 11 is 0. The summed E-state index contributed by atoms with van der Waals surface area (Å²) in [6, 6.07) is 7.24. The minimum atomic E-state index is 0.225. The summed E-state index contributed by atoms with van der Waals surface area (Å²) in [5.74, 6) is 0.597. The third-order valence-electron chi connectivity index (χ3n) is 5.69. The van der Waals surface area contributed by atoms with Gasteiger partial charge in [0, 0.05) is 5.92 Å². The Kier molecular flexibility index (Phi) is 3.86. The Balaban J connectivity index is 2.09. The van der Waals surface area contributed by atoms with Gasteiger partial charge in [-0.25, -0.2) is 0 Å². The predicted octanol–water partition coefficient (Wildman–Crippen LogP) is 7.01. The van der Waals surface area contributed by atoms with Crippen LogP contribution in [0.3, 0.4) is 0 Å². The first-order valence-electron chi connectivity index (χ1n) is 9.22. The predicted molar refractivity (Wildman–Crippen MR) is 102 cm³/mol. The average Bonchev–Trinajstić information content (AvgIpc) is 2.77. The maximum atomic E-state index is 2.55. The summed E-state index contributed by atoms with van der Waals surface area (Å²) in [5.41, 5.74) is 9.96. The lowest BCUT2D eigenvalue weighted by atomic mass is 9.77. The molecule has 0 heterocycles. The molecule has 0 spiro atoms. The number of fused-ring (bicyclic) bond motifs is 2. The van der Waals surface area contributed by atoms with Crippen LogP contribution in [0.15, 0.2) is 35.4 Å². The second-order valence-corrected chi connectivity index (χ2v) is 9.37. The van der Waals surface area contributed by atoms with E-state index >= 15 is 0 Å². The first-order chi connectivity index (χ1) is 10.6. The minimum Gasteiger partial charge on any atom is -0.0645 e. The highest BCUT2D eigenvalue weighted by Gasteiger charge is 2.33. The molecule has 2 aliphatic rings. The molecular weight excluding hydrogens is 276 g/mol. The van der Waals surface area contributed by atoms with Crippen LogP contribution in [0.5, 0.6) is 0 Å². The molecular formula is C23H32. The Morgan fingerprint density at radius 3 is 2.22 bits per heavy atom. The maximum absolute atomic E-state index is 2.55. The first-order valence-corrected chi connectivity index (χ1v) is 9.22. The van der Waals surface area contributed by atoms with Gasteiger partial charge in [0.2, 0.25) is 0 Å². The SMILES string of the molecule is CCC1C2=C(CCC(C(C)(C)C)=C2)c2ccc(C(C)(C)C)cc21. The summed E-state index contributed by atoms with van der Waals surface area (Å²) in [4.78, 5) is 0. The standard InChI is InChI=1S/C23H32/c1-8-17-20-13-15(22(2,3)4)9-11-18(20)19-12-10-16(14-21(17)19)23(5,6)7/h9,11,13-14,17H,8,10,12H2,1-7H3. The van der Waals surface area contributed by atoms with Crippen LogP contribution in [0.4, 0.5) is 0 Å². The van der Waals surface area contributed by atoms with E-state index in [0.717, 1.165) is 0 Å². The van der Waals surface area contributed by atoms with E-state index in [1.807, 2.05) is 0 Å². The second kappa shape index (κ2) is 5.36. The van der Waals surface area contributed by atoms with Gasteiger partial charge in [-0.1, -0.05) is 78.3 Å². The van der Waals surface area contributed by atoms with Crippen molar-refractivity contribution >= 4 is 5.57 Å². The molecule has 0 heteroatoms. The summed E-state index contributed by atoms with van der Waals surface area (Å²) in [6.07, 6.45) is 6.19. The highest BCUT2D eigenvalue weighted by Crippen LogP contribution is 2.51. The Hall–Kier alpha value is -1.30. The van der Waals surface area contributed by atoms with Gasteiger partial charge >= 0.3 is 0 Å². The molecule has 1 aromatic carbocycles. The molecule has 0 saturated heterocycles. The van der Waals surface area contributed by atoms with Gasteiger partial charge in [-0.05, 0) is 57.9 Å². The number of allylic oxidation sites excluding steroid dienone is 4. The Bertz CT molecular complexity index is 684. The molecule has 0 bridgehead atoms. The van der Waals surface area contributed by atoms with Crippen molar-refractivity contribution in [2.24, 2.45) is 5.41 Å². The molecule has 1 aromatic rings. The van der Waals surface area contributed by atoms with Crippen molar-refractivity contribution in [3.63, 3.8) is 0 Å². The van der Waals surface area contributed by atoms with Crippen LogP contribution < -0.4 is 0 Å². The zero-order valence-electron chi connectivity index (χ0n) is 16.0. The van der Waals surface area contributed by atoms with E-state index < -0.39 is 0 Å². The third kappa shape index (κ3) is 2.82. The van der Waals surface area contributed by atoms with E-state index in [-0.39, 0.29) is 5.41 Å². The second-order valence-electron chi connectivity index (χ2n) is 9.37. The highest BCUT2D eigenvalue weighted by atomic mass is 14.4. The molecule has 1 atom stereocenters. The van der Waals surface area contributed by atoms with Gasteiger partial charge in [-0.2, -0.15) is 0 Å². The normalized spacial score (nSPS) is 21.2. The quantitative estimate of drug-likeness (QED) is 0.523. The zero-order chi connectivity index (χ0) is 17.0. The molecule has 0 saturated carbocycles. The average molecular weight is 309 g/mol. The Labute approximate surface area is 142 Å². The van der Waals surface area contributed by atoms with Crippen LogP contribution >= 0.6 is 0 Å². The molecule has 3 rings (SSSR count). The van der Waals surface area contributed by atoms with Gasteiger partial charge in [0.1, 0.15) is 0 Å². The molecule has 0 amide bonds. The fraction of sp³-hybridized carbons (Fsp3) is 0.565. The van der Waals surface area contributed by atoms with E-state index in [9.17, 15) is 0 Å². The molecule has 0 N–H and O–H groups in total. The lowest BCUT2D eigenvalue weighted by Crippen LogP contribution is -2.13. The zero-order valence-corrected chi connectivity index (χ0v) is 16.0. The van der Waals surface area contributed by atoms with Crippen LogP contribution in [0.2, 0.25) is 0 Å². The minimum absolute atomic E-state index is 0.225. The molecule has 0 nitrogen and oxygen atoms in total. The van der Waals surface area contributed by atoms with E-state index in [2.05, 4.69) is 72.7 Å². The summed E-state index contributed by atoms with van der Waals surface area (Å²) in [6.45, 7) is 16.3. The van der Waals surface area contributed by atoms with Crippen molar-refractivity contribution in [1.29, 1.82) is 0 Å². The molecule has 0 fully saturated rings. The first kappa shape index (κ1) is 16.6. The topological polar surface area (TPSA) is 0 Å². The Morgan fingerprint density at radius 1 is 0.957 bits per heavy atom. The molecule has 23 heavy (non-hydrogen) atoms. The van der Waals surface area contributed by atoms with Gasteiger partial charge < -0.3 is 0 Å². The molecule has 124 valence electrons. The molecule has 2 aliphatic carbocycles. The van der Waals surface area contributed by atoms with Crippen LogP contribution in [-0.4, -0.2) is 0 Å². The highest BCUT2D eigenvalue weighted by molar-refractivity contribution is 5.82. The molecule has 0 radical (unpaired) electrons. The van der Waals surface area contributed by atoms with Crippen LogP contribution in [0.25, 0.3) is 5.57 Å². The molecule has 0 aromatic heterocycles. The maximum Gasteiger partial charge on any atom is 0.00958 e. The van der Waals surface area contributed by atoms with Gasteiger partial charge in [-0.15, -0.1) is 0 Å². The van der Waals surface area contributed by atoms with E-state index in [4.69, 9.17) is 0 Å². The van der Waals surface area contributed by atoms with Crippen LogP contribution in [-0.2, 0) is 5.41 Å². The van der Waals surface area contributed by atoms with Crippen molar-refractivity contribution in [3.05, 3.63) is 52.1 Å². The van der Waals surface area contributed by atoms with Crippen molar-refractivity contribution < 1.29 is 0 Å². The van der Waals surface area contributed by atoms with Crippen LogP contribution in [0.1, 0.15) is 90.3 Å². The fourth-order valence-corrected chi connectivity index (χ4v) is 4.14.